The maximum Gasteiger partial charge on any atom is 0.271 e. The molecule has 0 radical (unpaired) electrons. The van der Waals surface area contributed by atoms with Gasteiger partial charge in [0.2, 0.25) is 10.0 Å². The minimum atomic E-state index is -3.82. The standard InChI is InChI=1S/C14H14N4O5S2/c1-25(22,23)17(11-4-2-5-12(8-11)18(20)21)10-14(19)16-15-9-13-6-3-7-24-13/h2-9H,10H2,1H3,(H,16,19)/b15-9+. The van der Waals surface area contributed by atoms with E-state index in [0.717, 1.165) is 21.5 Å². The average molecular weight is 382 g/mol. The van der Waals surface area contributed by atoms with Gasteiger partial charge in [-0.15, -0.1) is 11.3 Å². The summed E-state index contributed by atoms with van der Waals surface area (Å²) in [5, 5.41) is 16.4. The molecule has 0 aliphatic carbocycles. The fourth-order valence-electron chi connectivity index (χ4n) is 1.86. The Kier molecular flexibility index (Phi) is 5.83. The number of hydrogen-bond acceptors (Lipinski definition) is 7. The van der Waals surface area contributed by atoms with Gasteiger partial charge in [0.25, 0.3) is 11.6 Å². The van der Waals surface area contributed by atoms with Gasteiger partial charge in [0.1, 0.15) is 6.54 Å². The van der Waals surface area contributed by atoms with Crippen LogP contribution in [0.5, 0.6) is 0 Å². The van der Waals surface area contributed by atoms with Crippen LogP contribution in [0, 0.1) is 10.1 Å². The number of amides is 1. The fourth-order valence-corrected chi connectivity index (χ4v) is 3.29. The quantitative estimate of drug-likeness (QED) is 0.442. The third kappa shape index (κ3) is 5.36. The molecular weight excluding hydrogens is 368 g/mol. The van der Waals surface area contributed by atoms with Crippen LogP contribution in [0.3, 0.4) is 0 Å². The van der Waals surface area contributed by atoms with Crippen molar-refractivity contribution in [1.29, 1.82) is 0 Å². The van der Waals surface area contributed by atoms with Gasteiger partial charge in [-0.3, -0.25) is 19.2 Å². The molecule has 0 fully saturated rings. The molecule has 132 valence electrons. The Morgan fingerprint density at radius 2 is 2.16 bits per heavy atom. The number of nitrogens with one attached hydrogen (secondary N) is 1. The zero-order valence-corrected chi connectivity index (χ0v) is 14.7. The highest BCUT2D eigenvalue weighted by Gasteiger charge is 2.22. The molecule has 1 N–H and O–H groups in total. The van der Waals surface area contributed by atoms with E-state index in [2.05, 4.69) is 10.5 Å². The summed E-state index contributed by atoms with van der Waals surface area (Å²) in [7, 11) is -3.82. The molecule has 0 atom stereocenters. The first kappa shape index (κ1) is 18.5. The largest absolute Gasteiger partial charge is 0.271 e. The monoisotopic (exact) mass is 382 g/mol. The lowest BCUT2D eigenvalue weighted by Crippen LogP contribution is -2.39. The molecule has 1 aromatic carbocycles. The number of hydrazone groups is 1. The predicted molar refractivity (Wildman–Crippen MR) is 95.3 cm³/mol. The smallest absolute Gasteiger partial charge is 0.271 e. The molecule has 2 aromatic rings. The second-order valence-corrected chi connectivity index (χ2v) is 7.74. The van der Waals surface area contributed by atoms with E-state index in [1.165, 1.54) is 35.8 Å². The average Bonchev–Trinajstić information content (AvgIpc) is 3.05. The second kappa shape index (κ2) is 7.85. The summed E-state index contributed by atoms with van der Waals surface area (Å²) in [5.74, 6) is -0.676. The summed E-state index contributed by atoms with van der Waals surface area (Å²) >= 11 is 1.42. The Labute approximate surface area is 147 Å². The summed E-state index contributed by atoms with van der Waals surface area (Å²) in [6.07, 6.45) is 2.34. The minimum absolute atomic E-state index is 0.0223. The molecule has 11 heteroatoms. The Morgan fingerprint density at radius 1 is 1.40 bits per heavy atom. The Bertz CT molecular complexity index is 894. The van der Waals surface area contributed by atoms with E-state index in [1.807, 2.05) is 11.4 Å². The maximum absolute atomic E-state index is 12.0. The number of thiophene rings is 1. The van der Waals surface area contributed by atoms with Gasteiger partial charge >= 0.3 is 0 Å². The number of non-ortho nitro benzene ring substituents is 1. The number of nitrogens with zero attached hydrogens (tertiary/aromatic N) is 3. The van der Waals surface area contributed by atoms with E-state index in [0.29, 0.717) is 0 Å². The number of benzene rings is 1. The third-order valence-electron chi connectivity index (χ3n) is 2.94. The first-order valence-electron chi connectivity index (χ1n) is 6.85. The first-order valence-corrected chi connectivity index (χ1v) is 9.58. The lowest BCUT2D eigenvalue weighted by molar-refractivity contribution is -0.384. The summed E-state index contributed by atoms with van der Waals surface area (Å²) < 4.78 is 24.7. The highest BCUT2D eigenvalue weighted by molar-refractivity contribution is 7.92. The first-order chi connectivity index (χ1) is 11.8. The van der Waals surface area contributed by atoms with Gasteiger partial charge in [0.05, 0.1) is 23.1 Å². The number of nitro benzene ring substituents is 1. The molecule has 9 nitrogen and oxygen atoms in total. The SMILES string of the molecule is CS(=O)(=O)N(CC(=O)N/N=C/c1cccs1)c1cccc([N+](=O)[O-])c1. The highest BCUT2D eigenvalue weighted by atomic mass is 32.2. The summed E-state index contributed by atoms with van der Waals surface area (Å²) in [5.41, 5.74) is 1.97. The van der Waals surface area contributed by atoms with Crippen molar-refractivity contribution in [2.75, 3.05) is 17.1 Å². The number of rotatable bonds is 7. The van der Waals surface area contributed by atoms with Crippen LogP contribution in [0.25, 0.3) is 0 Å². The van der Waals surface area contributed by atoms with E-state index < -0.39 is 27.4 Å². The molecule has 1 amide bonds. The zero-order chi connectivity index (χ0) is 18.4. The fraction of sp³-hybridized carbons (Fsp3) is 0.143. The Morgan fingerprint density at radius 3 is 2.76 bits per heavy atom. The van der Waals surface area contributed by atoms with Crippen LogP contribution >= 0.6 is 11.3 Å². The van der Waals surface area contributed by atoms with Gasteiger partial charge in [0, 0.05) is 17.0 Å². The van der Waals surface area contributed by atoms with Crippen LogP contribution in [0.15, 0.2) is 46.9 Å². The molecule has 0 spiro atoms. The number of sulfonamides is 1. The second-order valence-electron chi connectivity index (χ2n) is 4.86. The lowest BCUT2D eigenvalue weighted by atomic mass is 10.3. The molecule has 0 aliphatic heterocycles. The molecule has 0 aliphatic rings. The predicted octanol–water partition coefficient (Wildman–Crippen LogP) is 1.57. The topological polar surface area (TPSA) is 122 Å². The van der Waals surface area contributed by atoms with Crippen LogP contribution in [-0.2, 0) is 14.8 Å². The molecule has 1 aromatic heterocycles. The molecule has 1 heterocycles. The van der Waals surface area contributed by atoms with Crippen LogP contribution in [0.1, 0.15) is 4.88 Å². The summed E-state index contributed by atoms with van der Waals surface area (Å²) in [4.78, 5) is 23.0. The van der Waals surface area contributed by atoms with Gasteiger partial charge in [0.15, 0.2) is 0 Å². The molecule has 25 heavy (non-hydrogen) atoms. The van der Waals surface area contributed by atoms with E-state index in [4.69, 9.17) is 0 Å². The Balaban J connectivity index is 2.14. The zero-order valence-electron chi connectivity index (χ0n) is 13.0. The number of nitro groups is 1. The van der Waals surface area contributed by atoms with Crippen molar-refractivity contribution >= 4 is 44.9 Å². The molecule has 0 saturated heterocycles. The van der Waals surface area contributed by atoms with Crippen molar-refractivity contribution in [3.05, 3.63) is 56.8 Å². The van der Waals surface area contributed by atoms with Crippen molar-refractivity contribution in [2.24, 2.45) is 5.10 Å². The molecular formula is C14H14N4O5S2. The molecule has 0 bridgehead atoms. The van der Waals surface area contributed by atoms with Crippen molar-refractivity contribution in [2.45, 2.75) is 0 Å². The number of anilines is 1. The van der Waals surface area contributed by atoms with Gasteiger partial charge in [-0.1, -0.05) is 12.1 Å². The number of hydrogen-bond donors (Lipinski definition) is 1. The molecule has 2 rings (SSSR count). The molecule has 0 saturated carbocycles. The van der Waals surface area contributed by atoms with Crippen molar-refractivity contribution in [1.82, 2.24) is 5.43 Å². The van der Waals surface area contributed by atoms with Gasteiger partial charge in [-0.05, 0) is 17.5 Å². The number of carbonyl (C=O) groups excluding carboxylic acids is 1. The van der Waals surface area contributed by atoms with Crippen LogP contribution < -0.4 is 9.73 Å². The van der Waals surface area contributed by atoms with E-state index >= 15 is 0 Å². The van der Waals surface area contributed by atoms with Crippen LogP contribution in [0.2, 0.25) is 0 Å². The third-order valence-corrected chi connectivity index (χ3v) is 4.89. The Hall–Kier alpha value is -2.79. The van der Waals surface area contributed by atoms with E-state index in [9.17, 15) is 23.3 Å². The van der Waals surface area contributed by atoms with E-state index in [1.54, 1.807) is 6.07 Å². The van der Waals surface area contributed by atoms with Gasteiger partial charge in [-0.2, -0.15) is 5.10 Å². The number of carbonyl (C=O) groups is 1. The van der Waals surface area contributed by atoms with Crippen molar-refractivity contribution in [3.63, 3.8) is 0 Å². The highest BCUT2D eigenvalue weighted by Crippen LogP contribution is 2.22. The van der Waals surface area contributed by atoms with Gasteiger partial charge < -0.3 is 0 Å². The van der Waals surface area contributed by atoms with Crippen LogP contribution in [0.4, 0.5) is 11.4 Å². The summed E-state index contributed by atoms with van der Waals surface area (Å²) in [6, 6.07) is 8.65. The normalized spacial score (nSPS) is 11.4. The lowest BCUT2D eigenvalue weighted by Gasteiger charge is -2.21. The van der Waals surface area contributed by atoms with E-state index in [-0.39, 0.29) is 11.4 Å². The van der Waals surface area contributed by atoms with Crippen molar-refractivity contribution in [3.8, 4) is 0 Å². The van der Waals surface area contributed by atoms with Gasteiger partial charge in [-0.25, -0.2) is 13.8 Å². The van der Waals surface area contributed by atoms with Crippen molar-refractivity contribution < 1.29 is 18.1 Å². The summed E-state index contributed by atoms with van der Waals surface area (Å²) in [6.45, 7) is -0.554. The minimum Gasteiger partial charge on any atom is -0.271 e. The maximum atomic E-state index is 12.0. The molecule has 0 unspecified atom stereocenters. The van der Waals surface area contributed by atoms with Crippen LogP contribution in [-0.4, -0.2) is 38.3 Å².